The Morgan fingerprint density at radius 1 is 1.45 bits per heavy atom. The molecule has 0 bridgehead atoms. The number of carbonyl (C=O) groups is 1. The van der Waals surface area contributed by atoms with Gasteiger partial charge in [-0.2, -0.15) is 0 Å². The third-order valence-electron chi connectivity index (χ3n) is 3.51. The molecule has 0 radical (unpaired) electrons. The third kappa shape index (κ3) is 3.96. The SMILES string of the molecule is Cc1ccc(C(=O)N2CCC(OCCCl)CC2)c(Br)c1. The maximum atomic E-state index is 12.5. The van der Waals surface area contributed by atoms with Crippen LogP contribution in [0.25, 0.3) is 0 Å². The maximum absolute atomic E-state index is 12.5. The van der Waals surface area contributed by atoms with E-state index in [1.807, 2.05) is 30.0 Å². The smallest absolute Gasteiger partial charge is 0.255 e. The molecule has 1 saturated heterocycles. The number of benzene rings is 1. The predicted molar refractivity (Wildman–Crippen MR) is 84.5 cm³/mol. The number of hydrogen-bond donors (Lipinski definition) is 0. The van der Waals surface area contributed by atoms with Crippen LogP contribution in [0.15, 0.2) is 22.7 Å². The molecular weight excluding hydrogens is 342 g/mol. The topological polar surface area (TPSA) is 29.5 Å². The van der Waals surface area contributed by atoms with Crippen LogP contribution in [0.1, 0.15) is 28.8 Å². The highest BCUT2D eigenvalue weighted by molar-refractivity contribution is 9.10. The zero-order valence-corrected chi connectivity index (χ0v) is 13.9. The minimum Gasteiger partial charge on any atom is -0.377 e. The Hall–Kier alpha value is -0.580. The largest absolute Gasteiger partial charge is 0.377 e. The first-order valence-corrected chi connectivity index (χ1v) is 8.17. The second-order valence-corrected chi connectivity index (χ2v) is 6.27. The maximum Gasteiger partial charge on any atom is 0.255 e. The van der Waals surface area contributed by atoms with Crippen LogP contribution in [-0.2, 0) is 4.74 Å². The summed E-state index contributed by atoms with van der Waals surface area (Å²) in [5.41, 5.74) is 1.87. The molecular formula is C15H19BrClNO2. The van der Waals surface area contributed by atoms with E-state index >= 15 is 0 Å². The van der Waals surface area contributed by atoms with Gasteiger partial charge < -0.3 is 9.64 Å². The lowest BCUT2D eigenvalue weighted by atomic mass is 10.1. The fourth-order valence-electron chi connectivity index (χ4n) is 2.40. The molecule has 110 valence electrons. The molecule has 0 saturated carbocycles. The zero-order chi connectivity index (χ0) is 14.5. The zero-order valence-electron chi connectivity index (χ0n) is 11.6. The normalized spacial score (nSPS) is 16.4. The van der Waals surface area contributed by atoms with Gasteiger partial charge >= 0.3 is 0 Å². The molecule has 0 N–H and O–H groups in total. The van der Waals surface area contributed by atoms with E-state index in [1.54, 1.807) is 0 Å². The first-order valence-electron chi connectivity index (χ1n) is 6.85. The number of ether oxygens (including phenoxy) is 1. The minimum atomic E-state index is 0.0904. The molecule has 1 aliphatic heterocycles. The molecule has 0 atom stereocenters. The summed E-state index contributed by atoms with van der Waals surface area (Å²) in [5.74, 6) is 0.614. The minimum absolute atomic E-state index is 0.0904. The second-order valence-electron chi connectivity index (χ2n) is 5.03. The molecule has 3 nitrogen and oxygen atoms in total. The first kappa shape index (κ1) is 15.8. The fourth-order valence-corrected chi connectivity index (χ4v) is 3.15. The summed E-state index contributed by atoms with van der Waals surface area (Å²) in [5, 5.41) is 0. The van der Waals surface area contributed by atoms with E-state index < -0.39 is 0 Å². The van der Waals surface area contributed by atoms with E-state index in [-0.39, 0.29) is 12.0 Å². The lowest BCUT2D eigenvalue weighted by molar-refractivity contribution is 0.0154. The van der Waals surface area contributed by atoms with Crippen LogP contribution < -0.4 is 0 Å². The molecule has 1 heterocycles. The molecule has 0 aliphatic carbocycles. The van der Waals surface area contributed by atoms with Crippen LogP contribution >= 0.6 is 27.5 Å². The molecule has 5 heteroatoms. The molecule has 1 fully saturated rings. The number of hydrogen-bond acceptors (Lipinski definition) is 2. The van der Waals surface area contributed by atoms with Gasteiger partial charge in [0.15, 0.2) is 0 Å². The molecule has 0 spiro atoms. The average molecular weight is 361 g/mol. The monoisotopic (exact) mass is 359 g/mol. The predicted octanol–water partition coefficient (Wildman–Crippen LogP) is 3.62. The summed E-state index contributed by atoms with van der Waals surface area (Å²) in [7, 11) is 0. The van der Waals surface area contributed by atoms with E-state index in [4.69, 9.17) is 16.3 Å². The highest BCUT2D eigenvalue weighted by Crippen LogP contribution is 2.22. The quantitative estimate of drug-likeness (QED) is 0.768. The average Bonchev–Trinajstić information content (AvgIpc) is 2.45. The third-order valence-corrected chi connectivity index (χ3v) is 4.33. The van der Waals surface area contributed by atoms with Crippen molar-refractivity contribution in [2.24, 2.45) is 0 Å². The Morgan fingerprint density at radius 2 is 2.15 bits per heavy atom. The summed E-state index contributed by atoms with van der Waals surface area (Å²) in [6.07, 6.45) is 2.00. The highest BCUT2D eigenvalue weighted by atomic mass is 79.9. The van der Waals surface area contributed by atoms with E-state index in [2.05, 4.69) is 15.9 Å². The number of halogens is 2. The second kappa shape index (κ2) is 7.43. The lowest BCUT2D eigenvalue weighted by Crippen LogP contribution is -2.41. The van der Waals surface area contributed by atoms with Crippen LogP contribution in [0.3, 0.4) is 0 Å². The van der Waals surface area contributed by atoms with Crippen LogP contribution in [0.2, 0.25) is 0 Å². The van der Waals surface area contributed by atoms with E-state index in [9.17, 15) is 4.79 Å². The number of piperidine rings is 1. The van der Waals surface area contributed by atoms with Gasteiger partial charge in [0.05, 0.1) is 18.3 Å². The summed E-state index contributed by atoms with van der Waals surface area (Å²) in [4.78, 5) is 14.4. The van der Waals surface area contributed by atoms with Crippen molar-refractivity contribution < 1.29 is 9.53 Å². The number of likely N-dealkylation sites (tertiary alicyclic amines) is 1. The Bertz CT molecular complexity index is 473. The summed E-state index contributed by atoms with van der Waals surface area (Å²) in [6, 6.07) is 5.83. The Kier molecular flexibility index (Phi) is 5.87. The van der Waals surface area contributed by atoms with Crippen molar-refractivity contribution in [1.82, 2.24) is 4.90 Å². The van der Waals surface area contributed by atoms with Crippen molar-refractivity contribution in [3.05, 3.63) is 33.8 Å². The number of carbonyl (C=O) groups excluding carboxylic acids is 1. The van der Waals surface area contributed by atoms with Gasteiger partial charge in [0, 0.05) is 23.4 Å². The van der Waals surface area contributed by atoms with Crippen LogP contribution in [0.4, 0.5) is 0 Å². The number of alkyl halides is 1. The van der Waals surface area contributed by atoms with Gasteiger partial charge in [0.1, 0.15) is 0 Å². The van der Waals surface area contributed by atoms with Gasteiger partial charge in [-0.1, -0.05) is 6.07 Å². The van der Waals surface area contributed by atoms with Crippen molar-refractivity contribution in [1.29, 1.82) is 0 Å². The number of amides is 1. The molecule has 0 unspecified atom stereocenters. The molecule has 1 aromatic rings. The number of rotatable bonds is 4. The molecule has 1 amide bonds. The highest BCUT2D eigenvalue weighted by Gasteiger charge is 2.24. The Balaban J connectivity index is 1.94. The first-order chi connectivity index (χ1) is 9.61. The van der Waals surface area contributed by atoms with Gasteiger partial charge in [-0.05, 0) is 53.4 Å². The van der Waals surface area contributed by atoms with Crippen molar-refractivity contribution in [3.63, 3.8) is 0 Å². The number of nitrogens with zero attached hydrogens (tertiary/aromatic N) is 1. The Labute approximate surface area is 133 Å². The van der Waals surface area contributed by atoms with Crippen molar-refractivity contribution in [3.8, 4) is 0 Å². The summed E-state index contributed by atoms with van der Waals surface area (Å²) >= 11 is 9.09. The van der Waals surface area contributed by atoms with Crippen LogP contribution in [-0.4, -0.2) is 42.5 Å². The molecule has 0 aromatic heterocycles. The van der Waals surface area contributed by atoms with Gasteiger partial charge in [0.25, 0.3) is 5.91 Å². The summed E-state index contributed by atoms with van der Waals surface area (Å²) < 4.78 is 6.49. The van der Waals surface area contributed by atoms with Crippen LogP contribution in [0, 0.1) is 6.92 Å². The number of aryl methyl sites for hydroxylation is 1. The van der Waals surface area contributed by atoms with Gasteiger partial charge in [-0.3, -0.25) is 4.79 Å². The van der Waals surface area contributed by atoms with Crippen molar-refractivity contribution >= 4 is 33.4 Å². The molecule has 2 rings (SSSR count). The van der Waals surface area contributed by atoms with E-state index in [0.717, 1.165) is 41.5 Å². The van der Waals surface area contributed by atoms with Gasteiger partial charge in [-0.25, -0.2) is 0 Å². The van der Waals surface area contributed by atoms with E-state index in [1.165, 1.54) is 0 Å². The molecule has 20 heavy (non-hydrogen) atoms. The van der Waals surface area contributed by atoms with E-state index in [0.29, 0.717) is 12.5 Å². The summed E-state index contributed by atoms with van der Waals surface area (Å²) in [6.45, 7) is 4.08. The van der Waals surface area contributed by atoms with Gasteiger partial charge in [0.2, 0.25) is 0 Å². The molecule has 1 aromatic carbocycles. The standard InChI is InChI=1S/C15H19BrClNO2/c1-11-2-3-13(14(16)10-11)15(19)18-7-4-12(5-8-18)20-9-6-17/h2-3,10,12H,4-9H2,1H3. The van der Waals surface area contributed by atoms with Crippen molar-refractivity contribution in [2.75, 3.05) is 25.6 Å². The van der Waals surface area contributed by atoms with Gasteiger partial charge in [-0.15, -0.1) is 11.6 Å². The Morgan fingerprint density at radius 3 is 2.75 bits per heavy atom. The molecule has 1 aliphatic rings. The fraction of sp³-hybridized carbons (Fsp3) is 0.533. The van der Waals surface area contributed by atoms with Crippen LogP contribution in [0.5, 0.6) is 0 Å². The van der Waals surface area contributed by atoms with Crippen molar-refractivity contribution in [2.45, 2.75) is 25.9 Å². The lowest BCUT2D eigenvalue weighted by Gasteiger charge is -2.32.